The van der Waals surface area contributed by atoms with Crippen molar-refractivity contribution in [3.05, 3.63) is 0 Å². The molecule has 0 bridgehead atoms. The Kier molecular flexibility index (Phi) is 3.95. The minimum Gasteiger partial charge on any atom is -0.344 e. The van der Waals surface area contributed by atoms with Crippen LogP contribution in [-0.2, 0) is 10.1 Å². The van der Waals surface area contributed by atoms with E-state index in [9.17, 15) is 8.42 Å². The summed E-state index contributed by atoms with van der Waals surface area (Å²) in [5, 5.41) is 0. The topological polar surface area (TPSA) is 92.4 Å². The third kappa shape index (κ3) is 6.24. The van der Waals surface area contributed by atoms with E-state index in [4.69, 9.17) is 4.55 Å². The van der Waals surface area contributed by atoms with Crippen LogP contribution in [-0.4, -0.2) is 43.3 Å². The van der Waals surface area contributed by atoms with Gasteiger partial charge in [0.25, 0.3) is 10.1 Å². The summed E-state index contributed by atoms with van der Waals surface area (Å²) in [5.41, 5.74) is 0. The van der Waals surface area contributed by atoms with E-state index in [0.29, 0.717) is 6.42 Å². The first-order chi connectivity index (χ1) is 4.58. The van der Waals surface area contributed by atoms with Crippen LogP contribution in [0.2, 0.25) is 0 Å². The highest BCUT2D eigenvalue weighted by Crippen LogP contribution is 2.03. The molecule has 0 amide bonds. The molecule has 0 spiro atoms. The maximum atomic E-state index is 10.2. The molecule has 11 heavy (non-hydrogen) atoms. The molecule has 0 aromatic heterocycles. The van der Waals surface area contributed by atoms with Crippen LogP contribution in [0.1, 0.15) is 6.42 Å². The van der Waals surface area contributed by atoms with E-state index < -0.39 is 10.1 Å². The molecule has 1 rings (SSSR count). The van der Waals surface area contributed by atoms with E-state index in [1.165, 1.54) is 0 Å². The fourth-order valence-electron chi connectivity index (χ4n) is 0.765. The van der Waals surface area contributed by atoms with Crippen LogP contribution in [0.3, 0.4) is 0 Å². The van der Waals surface area contributed by atoms with Gasteiger partial charge >= 0.3 is 0 Å². The smallest absolute Gasteiger partial charge is 0.264 e. The van der Waals surface area contributed by atoms with Crippen molar-refractivity contribution in [2.24, 2.45) is 0 Å². The van der Waals surface area contributed by atoms with Gasteiger partial charge in [-0.25, -0.2) is 0 Å². The Morgan fingerprint density at radius 3 is 2.27 bits per heavy atom. The lowest BCUT2D eigenvalue weighted by atomic mass is 10.5. The Hall–Kier alpha value is -0.170. The fourth-order valence-corrected chi connectivity index (χ4v) is 1.26. The molecule has 1 saturated heterocycles. The second kappa shape index (κ2) is 4.01. The van der Waals surface area contributed by atoms with Gasteiger partial charge in [0.2, 0.25) is 0 Å². The zero-order valence-electron chi connectivity index (χ0n) is 6.36. The van der Waals surface area contributed by atoms with Gasteiger partial charge in [0.15, 0.2) is 0 Å². The molecule has 0 radical (unpaired) electrons. The highest BCUT2D eigenvalue weighted by Gasteiger charge is 2.16. The van der Waals surface area contributed by atoms with Crippen LogP contribution in [0.15, 0.2) is 0 Å². The van der Waals surface area contributed by atoms with E-state index in [1.807, 2.05) is 0 Å². The van der Waals surface area contributed by atoms with E-state index in [1.54, 1.807) is 0 Å². The molecule has 1 aliphatic rings. The van der Waals surface area contributed by atoms with Gasteiger partial charge in [0.05, 0.1) is 5.75 Å². The van der Waals surface area contributed by atoms with Gasteiger partial charge in [-0.2, -0.15) is 8.42 Å². The Morgan fingerprint density at radius 2 is 1.91 bits per heavy atom. The van der Waals surface area contributed by atoms with Crippen molar-refractivity contribution >= 4 is 10.1 Å². The van der Waals surface area contributed by atoms with Gasteiger partial charge in [-0.3, -0.25) is 4.55 Å². The average molecular weight is 182 g/mol. The van der Waals surface area contributed by atoms with E-state index >= 15 is 0 Å². The van der Waals surface area contributed by atoms with Crippen molar-refractivity contribution in [1.29, 1.82) is 0 Å². The lowest BCUT2D eigenvalue weighted by Crippen LogP contribution is -2.09. The average Bonchev–Trinajstić information content (AvgIpc) is 2.45. The molecule has 0 aromatic rings. The standard InChI is InChI=1S/C5H11NO3S.H3N/c7-10(8,9)5-1-2-6-3-4-6;/h1-5H2,(H,7,8,9);1H3. The second-order valence-corrected chi connectivity index (χ2v) is 4.05. The van der Waals surface area contributed by atoms with Crippen LogP contribution in [0.25, 0.3) is 0 Å². The molecule has 1 heterocycles. The van der Waals surface area contributed by atoms with Gasteiger partial charge in [0.1, 0.15) is 0 Å². The minimum atomic E-state index is -3.72. The maximum absolute atomic E-state index is 10.2. The maximum Gasteiger partial charge on any atom is 0.264 e. The predicted octanol–water partition coefficient (Wildman–Crippen LogP) is -0.258. The molecule has 0 unspecified atom stereocenters. The molecule has 1 aliphatic heterocycles. The van der Waals surface area contributed by atoms with Crippen LogP contribution in [0, 0.1) is 0 Å². The Balaban J connectivity index is 0.000001000. The first-order valence-electron chi connectivity index (χ1n) is 3.25. The first kappa shape index (κ1) is 10.8. The molecule has 0 saturated carbocycles. The molecule has 0 aliphatic carbocycles. The van der Waals surface area contributed by atoms with Crippen LogP contribution >= 0.6 is 0 Å². The van der Waals surface area contributed by atoms with Gasteiger partial charge in [-0.05, 0) is 13.0 Å². The molecule has 6 heteroatoms. The van der Waals surface area contributed by atoms with E-state index in [2.05, 4.69) is 4.90 Å². The summed E-state index contributed by atoms with van der Waals surface area (Å²) in [6.45, 7) is 2.94. The minimum absolute atomic E-state index is 0. The molecule has 68 valence electrons. The first-order valence-corrected chi connectivity index (χ1v) is 4.86. The molecule has 1 fully saturated rings. The number of hydrogen-bond donors (Lipinski definition) is 2. The van der Waals surface area contributed by atoms with Gasteiger partial charge < -0.3 is 11.1 Å². The summed E-state index contributed by atoms with van der Waals surface area (Å²) in [5.74, 6) is -0.108. The lowest BCUT2D eigenvalue weighted by Gasteiger charge is -1.97. The van der Waals surface area contributed by atoms with Crippen LogP contribution in [0.5, 0.6) is 0 Å². The zero-order chi connectivity index (χ0) is 7.61. The van der Waals surface area contributed by atoms with Crippen molar-refractivity contribution < 1.29 is 13.0 Å². The summed E-state index contributed by atoms with van der Waals surface area (Å²) < 4.78 is 28.6. The summed E-state index contributed by atoms with van der Waals surface area (Å²) in [6.07, 6.45) is 0.541. The zero-order valence-corrected chi connectivity index (χ0v) is 7.18. The quantitative estimate of drug-likeness (QED) is 0.461. The normalized spacial score (nSPS) is 17.5. The van der Waals surface area contributed by atoms with Crippen molar-refractivity contribution in [3.63, 3.8) is 0 Å². The van der Waals surface area contributed by atoms with Gasteiger partial charge in [0, 0.05) is 13.1 Å². The summed E-state index contributed by atoms with van der Waals surface area (Å²) in [6, 6.07) is 0. The largest absolute Gasteiger partial charge is 0.344 e. The fraction of sp³-hybridized carbons (Fsp3) is 1.00. The lowest BCUT2D eigenvalue weighted by molar-refractivity contribution is 0.474. The second-order valence-electron chi connectivity index (χ2n) is 2.48. The van der Waals surface area contributed by atoms with Gasteiger partial charge in [-0.15, -0.1) is 0 Å². The molecule has 0 atom stereocenters. The number of nitrogens with zero attached hydrogens (tertiary/aromatic N) is 1. The Morgan fingerprint density at radius 1 is 1.36 bits per heavy atom. The molecular weight excluding hydrogens is 168 g/mol. The molecule has 0 aromatic carbocycles. The summed E-state index contributed by atoms with van der Waals surface area (Å²) in [7, 11) is -3.72. The van der Waals surface area contributed by atoms with Crippen molar-refractivity contribution in [2.45, 2.75) is 6.42 Å². The van der Waals surface area contributed by atoms with Crippen molar-refractivity contribution in [1.82, 2.24) is 11.1 Å². The predicted molar refractivity (Wildman–Crippen MR) is 42.5 cm³/mol. The van der Waals surface area contributed by atoms with E-state index in [-0.39, 0.29) is 11.9 Å². The van der Waals surface area contributed by atoms with Gasteiger partial charge in [-0.1, -0.05) is 0 Å². The Bertz CT molecular complexity index is 198. The van der Waals surface area contributed by atoms with E-state index in [0.717, 1.165) is 19.6 Å². The molecule has 5 nitrogen and oxygen atoms in total. The third-order valence-electron chi connectivity index (χ3n) is 1.42. The monoisotopic (exact) mass is 182 g/mol. The van der Waals surface area contributed by atoms with Crippen LogP contribution < -0.4 is 6.15 Å². The summed E-state index contributed by atoms with van der Waals surface area (Å²) in [4.78, 5) is 2.12. The third-order valence-corrected chi connectivity index (χ3v) is 2.22. The van der Waals surface area contributed by atoms with Crippen LogP contribution in [0.4, 0.5) is 0 Å². The number of rotatable bonds is 4. The Labute approximate surface area is 66.7 Å². The van der Waals surface area contributed by atoms with Crippen molar-refractivity contribution in [3.8, 4) is 0 Å². The molecular formula is C5H14N2O3S. The number of hydrogen-bond acceptors (Lipinski definition) is 4. The molecule has 4 N–H and O–H groups in total. The summed E-state index contributed by atoms with van der Waals surface area (Å²) >= 11 is 0. The SMILES string of the molecule is N.O=S(=O)(O)CCCN1CC1. The van der Waals surface area contributed by atoms with Crippen molar-refractivity contribution in [2.75, 3.05) is 25.4 Å². The highest BCUT2D eigenvalue weighted by molar-refractivity contribution is 7.85. The highest BCUT2D eigenvalue weighted by atomic mass is 32.2.